The minimum atomic E-state index is -3.78. The number of morpholine rings is 1. The number of aromatic nitrogens is 5. The lowest BCUT2D eigenvalue weighted by molar-refractivity contribution is 0.0729. The molecule has 0 unspecified atom stereocenters. The fraction of sp³-hybridized carbons (Fsp3) is 0.318. The van der Waals surface area contributed by atoms with Crippen molar-refractivity contribution < 1.29 is 17.9 Å². The predicted octanol–water partition coefficient (Wildman–Crippen LogP) is 2.51. The van der Waals surface area contributed by atoms with Gasteiger partial charge >= 0.3 is 0 Å². The van der Waals surface area contributed by atoms with Crippen molar-refractivity contribution in [2.24, 2.45) is 0 Å². The van der Waals surface area contributed by atoms with Gasteiger partial charge in [-0.3, -0.25) is 9.50 Å². The molecule has 0 bridgehead atoms. The third kappa shape index (κ3) is 4.11. The molecule has 178 valence electrons. The number of aryl methyl sites for hydroxylation is 2. The van der Waals surface area contributed by atoms with Crippen LogP contribution in [0.1, 0.15) is 11.4 Å². The molecule has 2 N–H and O–H groups in total. The number of ether oxygens (including phenoxy) is 2. The molecule has 0 saturated carbocycles. The number of H-pyrrole nitrogens is 1. The van der Waals surface area contributed by atoms with Gasteiger partial charge in [0.05, 0.1) is 31.7 Å². The SMILES string of the molecule is COc1ccc(-c2cc3nc(C)cn3c(Nc3cc(C)[nH]n3)n2)cc1S(=O)(=O)N1CCOCC1. The molecule has 1 aliphatic rings. The summed E-state index contributed by atoms with van der Waals surface area (Å²) in [6.07, 6.45) is 1.87. The van der Waals surface area contributed by atoms with E-state index in [0.29, 0.717) is 55.0 Å². The summed E-state index contributed by atoms with van der Waals surface area (Å²) < 4.78 is 40.8. The van der Waals surface area contributed by atoms with Crippen LogP contribution in [0.15, 0.2) is 41.4 Å². The molecule has 5 rings (SSSR count). The van der Waals surface area contributed by atoms with Crippen molar-refractivity contribution in [2.45, 2.75) is 18.7 Å². The van der Waals surface area contributed by atoms with Gasteiger partial charge in [-0.1, -0.05) is 0 Å². The van der Waals surface area contributed by atoms with E-state index in [-0.39, 0.29) is 10.6 Å². The molecule has 11 nitrogen and oxygen atoms in total. The van der Waals surface area contributed by atoms with Gasteiger partial charge in [0, 0.05) is 42.7 Å². The molecule has 0 spiro atoms. The minimum absolute atomic E-state index is 0.0908. The number of rotatable bonds is 6. The van der Waals surface area contributed by atoms with Crippen molar-refractivity contribution >= 4 is 27.4 Å². The summed E-state index contributed by atoms with van der Waals surface area (Å²) in [7, 11) is -2.32. The number of fused-ring (bicyclic) bond motifs is 1. The summed E-state index contributed by atoms with van der Waals surface area (Å²) in [4.78, 5) is 9.43. The number of nitrogens with zero attached hydrogens (tertiary/aromatic N) is 5. The monoisotopic (exact) mass is 483 g/mol. The summed E-state index contributed by atoms with van der Waals surface area (Å²) >= 11 is 0. The Balaban J connectivity index is 1.61. The second-order valence-corrected chi connectivity index (χ2v) is 9.93. The molecule has 0 amide bonds. The van der Waals surface area contributed by atoms with Gasteiger partial charge in [0.25, 0.3) is 0 Å². The topological polar surface area (TPSA) is 127 Å². The molecular weight excluding hydrogens is 458 g/mol. The first-order valence-corrected chi connectivity index (χ1v) is 12.2. The van der Waals surface area contributed by atoms with Crippen LogP contribution in [0.5, 0.6) is 5.75 Å². The van der Waals surface area contributed by atoms with Gasteiger partial charge in [0.2, 0.25) is 16.0 Å². The zero-order valence-electron chi connectivity index (χ0n) is 19.1. The molecular formula is C22H25N7O4S. The predicted molar refractivity (Wildman–Crippen MR) is 126 cm³/mol. The number of hydrogen-bond acceptors (Lipinski definition) is 8. The van der Waals surface area contributed by atoms with E-state index < -0.39 is 10.0 Å². The van der Waals surface area contributed by atoms with E-state index >= 15 is 0 Å². The van der Waals surface area contributed by atoms with Gasteiger partial charge in [-0.2, -0.15) is 9.40 Å². The molecule has 1 fully saturated rings. The Bertz CT molecular complexity index is 1460. The van der Waals surface area contributed by atoms with Gasteiger partial charge in [-0.15, -0.1) is 0 Å². The van der Waals surface area contributed by atoms with E-state index in [0.717, 1.165) is 11.4 Å². The van der Waals surface area contributed by atoms with Crippen molar-refractivity contribution in [1.29, 1.82) is 0 Å². The van der Waals surface area contributed by atoms with Crippen LogP contribution in [0.4, 0.5) is 11.8 Å². The maximum atomic E-state index is 13.4. The van der Waals surface area contributed by atoms with E-state index in [1.165, 1.54) is 11.4 Å². The minimum Gasteiger partial charge on any atom is -0.495 e. The Morgan fingerprint density at radius 1 is 1.12 bits per heavy atom. The third-order valence-corrected chi connectivity index (χ3v) is 7.49. The normalized spacial score (nSPS) is 15.0. The van der Waals surface area contributed by atoms with Crippen LogP contribution in [0.25, 0.3) is 16.9 Å². The van der Waals surface area contributed by atoms with Crippen LogP contribution in [0.2, 0.25) is 0 Å². The van der Waals surface area contributed by atoms with Gasteiger partial charge in [0.1, 0.15) is 16.3 Å². The molecule has 0 atom stereocenters. The fourth-order valence-corrected chi connectivity index (χ4v) is 5.50. The second kappa shape index (κ2) is 8.70. The molecule has 4 aromatic rings. The Kier molecular flexibility index (Phi) is 5.71. The van der Waals surface area contributed by atoms with E-state index in [1.54, 1.807) is 18.2 Å². The first kappa shape index (κ1) is 22.3. The van der Waals surface area contributed by atoms with Crippen LogP contribution >= 0.6 is 0 Å². The highest BCUT2D eigenvalue weighted by molar-refractivity contribution is 7.89. The molecule has 0 radical (unpaired) electrons. The molecule has 0 aliphatic carbocycles. The number of aromatic amines is 1. The van der Waals surface area contributed by atoms with Crippen LogP contribution in [0, 0.1) is 13.8 Å². The Hall–Kier alpha value is -3.48. The fourth-order valence-electron chi connectivity index (χ4n) is 3.91. The molecule has 1 aromatic carbocycles. The highest BCUT2D eigenvalue weighted by Gasteiger charge is 2.30. The van der Waals surface area contributed by atoms with E-state index in [1.807, 2.05) is 36.6 Å². The van der Waals surface area contributed by atoms with Gasteiger partial charge in [-0.25, -0.2) is 18.4 Å². The average molecular weight is 484 g/mol. The van der Waals surface area contributed by atoms with Crippen molar-refractivity contribution in [1.82, 2.24) is 28.9 Å². The highest BCUT2D eigenvalue weighted by atomic mass is 32.2. The summed E-state index contributed by atoms with van der Waals surface area (Å²) in [5.74, 6) is 1.39. The lowest BCUT2D eigenvalue weighted by atomic mass is 10.1. The number of imidazole rings is 1. The average Bonchev–Trinajstić information content (AvgIpc) is 3.43. The van der Waals surface area contributed by atoms with Crippen LogP contribution in [-0.4, -0.2) is 70.7 Å². The first-order valence-electron chi connectivity index (χ1n) is 10.8. The molecule has 12 heteroatoms. The number of nitrogens with one attached hydrogen (secondary N) is 2. The van der Waals surface area contributed by atoms with Crippen LogP contribution < -0.4 is 10.1 Å². The zero-order chi connectivity index (χ0) is 23.9. The Morgan fingerprint density at radius 3 is 2.62 bits per heavy atom. The Morgan fingerprint density at radius 2 is 1.91 bits per heavy atom. The summed E-state index contributed by atoms with van der Waals surface area (Å²) in [5, 5.41) is 10.3. The van der Waals surface area contributed by atoms with E-state index in [4.69, 9.17) is 14.5 Å². The quantitative estimate of drug-likeness (QED) is 0.428. The van der Waals surface area contributed by atoms with E-state index in [2.05, 4.69) is 20.5 Å². The number of hydrogen-bond donors (Lipinski definition) is 2. The summed E-state index contributed by atoms with van der Waals surface area (Å²) in [5.41, 5.74) is 3.59. The third-order valence-electron chi connectivity index (χ3n) is 5.57. The van der Waals surface area contributed by atoms with E-state index in [9.17, 15) is 8.42 Å². The van der Waals surface area contributed by atoms with Crippen molar-refractivity contribution in [3.8, 4) is 17.0 Å². The molecule has 4 heterocycles. The standard InChI is InChI=1S/C22H25N7O4S/c1-14-10-20(27-26-14)25-22-24-17(12-21-23-15(2)13-29(21)22)16-4-5-18(32-3)19(11-16)34(30,31)28-6-8-33-9-7-28/h4-5,10-13H,6-9H2,1-3H3,(H2,24,25,26,27). The van der Waals surface area contributed by atoms with Crippen molar-refractivity contribution in [2.75, 3.05) is 38.7 Å². The molecule has 34 heavy (non-hydrogen) atoms. The lowest BCUT2D eigenvalue weighted by Crippen LogP contribution is -2.40. The van der Waals surface area contributed by atoms with Gasteiger partial charge in [0.15, 0.2) is 5.82 Å². The summed E-state index contributed by atoms with van der Waals surface area (Å²) in [6.45, 7) is 5.12. The number of anilines is 2. The largest absolute Gasteiger partial charge is 0.495 e. The van der Waals surface area contributed by atoms with Crippen molar-refractivity contribution in [3.63, 3.8) is 0 Å². The lowest BCUT2D eigenvalue weighted by Gasteiger charge is -2.26. The second-order valence-electron chi connectivity index (χ2n) is 8.02. The maximum absolute atomic E-state index is 13.4. The molecule has 1 aliphatic heterocycles. The van der Waals surface area contributed by atoms with Crippen LogP contribution in [0.3, 0.4) is 0 Å². The number of sulfonamides is 1. The summed E-state index contributed by atoms with van der Waals surface area (Å²) in [6, 6.07) is 8.72. The first-order chi connectivity index (χ1) is 16.3. The molecule has 1 saturated heterocycles. The highest BCUT2D eigenvalue weighted by Crippen LogP contribution is 2.33. The van der Waals surface area contributed by atoms with Crippen molar-refractivity contribution in [3.05, 3.63) is 47.9 Å². The van der Waals surface area contributed by atoms with Crippen LogP contribution in [-0.2, 0) is 14.8 Å². The Labute approximate surface area is 196 Å². The maximum Gasteiger partial charge on any atom is 0.246 e. The zero-order valence-corrected chi connectivity index (χ0v) is 19.9. The number of benzene rings is 1. The smallest absolute Gasteiger partial charge is 0.246 e. The molecule has 3 aromatic heterocycles. The van der Waals surface area contributed by atoms with Gasteiger partial charge < -0.3 is 14.8 Å². The van der Waals surface area contributed by atoms with Gasteiger partial charge in [-0.05, 0) is 32.0 Å². The number of methoxy groups -OCH3 is 1.